The Kier molecular flexibility index (Phi) is 10.3. The number of hydrogen-bond donors (Lipinski definition) is 0. The van der Waals surface area contributed by atoms with Crippen LogP contribution >= 0.6 is 0 Å². The number of benzene rings is 2. The quantitative estimate of drug-likeness (QED) is 0.287. The predicted octanol–water partition coefficient (Wildman–Crippen LogP) is -5.83. The number of piperazine rings is 1. The van der Waals surface area contributed by atoms with Crippen LogP contribution in [-0.2, 0) is 0 Å². The van der Waals surface area contributed by atoms with Crippen molar-refractivity contribution in [2.24, 2.45) is 0 Å². The summed E-state index contributed by atoms with van der Waals surface area (Å²) < 4.78 is 16.8. The average Bonchev–Trinajstić information content (AvgIpc) is 3.69. The van der Waals surface area contributed by atoms with Crippen LogP contribution in [0, 0.1) is 5.82 Å². The van der Waals surface area contributed by atoms with E-state index in [0.717, 1.165) is 18.9 Å². The van der Waals surface area contributed by atoms with E-state index in [-0.39, 0.29) is 157 Å². The summed E-state index contributed by atoms with van der Waals surface area (Å²) in [6.45, 7) is 1.03. The van der Waals surface area contributed by atoms with E-state index in [2.05, 4.69) is 0 Å². The van der Waals surface area contributed by atoms with Crippen molar-refractivity contribution in [3.05, 3.63) is 75.3 Å². The minimum absolute atomic E-state index is 0. The van der Waals surface area contributed by atoms with Crippen LogP contribution in [0.5, 0.6) is 0 Å². The summed E-state index contributed by atoms with van der Waals surface area (Å²) in [4.78, 5) is 51.6. The molecule has 3 aromatic rings. The Bertz CT molecular complexity index is 1450. The van der Waals surface area contributed by atoms with Crippen LogP contribution in [-0.4, -0.2) is 53.5 Å². The second-order valence-corrected chi connectivity index (χ2v) is 8.73. The Morgan fingerprint density at radius 2 is 1.46 bits per heavy atom. The zero-order valence-electron chi connectivity index (χ0n) is 20.5. The van der Waals surface area contributed by atoms with Gasteiger partial charge >= 0.3 is 103 Å². The number of carboxylic acids is 2. The molecule has 5 rings (SSSR count). The van der Waals surface area contributed by atoms with Gasteiger partial charge < -0.3 is 34.2 Å². The Hall–Kier alpha value is -0.937. The van der Waals surface area contributed by atoms with Crippen LogP contribution in [0.3, 0.4) is 0 Å². The van der Waals surface area contributed by atoms with Crippen molar-refractivity contribution in [1.29, 1.82) is 0 Å². The minimum atomic E-state index is -1.60. The number of amides is 1. The Morgan fingerprint density at radius 3 is 2.03 bits per heavy atom. The molecular formula is C25H20FK2N3O6. The van der Waals surface area contributed by atoms with Gasteiger partial charge in [0.25, 0.3) is 5.91 Å². The fourth-order valence-electron chi connectivity index (χ4n) is 4.57. The third kappa shape index (κ3) is 6.13. The molecule has 1 amide bonds. The molecule has 0 radical (unpaired) electrons. The third-order valence-electron chi connectivity index (χ3n) is 6.55. The van der Waals surface area contributed by atoms with Crippen molar-refractivity contribution in [3.63, 3.8) is 0 Å². The van der Waals surface area contributed by atoms with E-state index < -0.39 is 34.7 Å². The van der Waals surface area contributed by atoms with Gasteiger partial charge in [0.1, 0.15) is 5.82 Å². The summed E-state index contributed by atoms with van der Waals surface area (Å²) in [7, 11) is 0. The van der Waals surface area contributed by atoms with Gasteiger partial charge in [-0.2, -0.15) is 0 Å². The average molecular weight is 556 g/mol. The molecule has 0 atom stereocenters. The van der Waals surface area contributed by atoms with Crippen molar-refractivity contribution < 1.29 is 132 Å². The molecule has 37 heavy (non-hydrogen) atoms. The van der Waals surface area contributed by atoms with E-state index in [1.807, 2.05) is 0 Å². The smallest absolute Gasteiger partial charge is 0.545 e. The number of nitrogens with zero attached hydrogens (tertiary/aromatic N) is 3. The van der Waals surface area contributed by atoms with E-state index in [1.165, 1.54) is 29.3 Å². The van der Waals surface area contributed by atoms with Crippen LogP contribution in [0.4, 0.5) is 10.1 Å². The van der Waals surface area contributed by atoms with Gasteiger partial charge in [0.05, 0.1) is 28.7 Å². The van der Waals surface area contributed by atoms with E-state index in [4.69, 9.17) is 0 Å². The normalized spacial score (nSPS) is 15.1. The number of aromatic nitrogens is 1. The summed E-state index contributed by atoms with van der Waals surface area (Å²) in [5, 5.41) is 22.8. The maximum atomic E-state index is 15.1. The molecule has 0 bridgehead atoms. The van der Waals surface area contributed by atoms with Crippen LogP contribution < -0.4 is 123 Å². The van der Waals surface area contributed by atoms with Crippen molar-refractivity contribution in [1.82, 2.24) is 9.47 Å². The predicted molar refractivity (Wildman–Crippen MR) is 120 cm³/mol. The zero-order chi connectivity index (χ0) is 24.9. The number of carbonyl (C=O) groups excluding carboxylic acids is 3. The van der Waals surface area contributed by atoms with Gasteiger partial charge in [0.15, 0.2) is 5.43 Å². The fraction of sp³-hybridized carbons (Fsp3) is 0.280. The second kappa shape index (κ2) is 12.5. The maximum Gasteiger partial charge on any atom is 1.00 e. The molecular weight excluding hydrogens is 535 g/mol. The zero-order valence-corrected chi connectivity index (χ0v) is 26.8. The monoisotopic (exact) mass is 555 g/mol. The van der Waals surface area contributed by atoms with Gasteiger partial charge in [-0.1, -0.05) is 18.2 Å². The third-order valence-corrected chi connectivity index (χ3v) is 6.55. The molecule has 2 heterocycles. The topological polar surface area (TPSA) is 126 Å². The summed E-state index contributed by atoms with van der Waals surface area (Å²) in [5.41, 5.74) is -0.746. The summed E-state index contributed by atoms with van der Waals surface area (Å²) in [6, 6.07) is 8.48. The van der Waals surface area contributed by atoms with E-state index in [1.54, 1.807) is 21.6 Å². The molecule has 12 heteroatoms. The molecule has 2 fully saturated rings. The van der Waals surface area contributed by atoms with Gasteiger partial charge in [-0.15, -0.1) is 0 Å². The molecule has 1 aliphatic carbocycles. The van der Waals surface area contributed by atoms with Crippen LogP contribution in [0.15, 0.2) is 47.4 Å². The number of carbonyl (C=O) groups is 3. The van der Waals surface area contributed by atoms with Gasteiger partial charge in [0.2, 0.25) is 0 Å². The van der Waals surface area contributed by atoms with E-state index >= 15 is 4.39 Å². The number of rotatable bonds is 5. The number of halogens is 1. The summed E-state index contributed by atoms with van der Waals surface area (Å²) in [5.74, 6) is -4.15. The van der Waals surface area contributed by atoms with Crippen LogP contribution in [0.2, 0.25) is 0 Å². The fourth-order valence-corrected chi connectivity index (χ4v) is 4.57. The molecule has 0 spiro atoms. The first-order valence-corrected chi connectivity index (χ1v) is 11.2. The Morgan fingerprint density at radius 1 is 0.865 bits per heavy atom. The van der Waals surface area contributed by atoms with Gasteiger partial charge in [0, 0.05) is 54.9 Å². The number of pyridine rings is 1. The summed E-state index contributed by atoms with van der Waals surface area (Å²) >= 11 is 0. The molecule has 0 N–H and O–H groups in total. The van der Waals surface area contributed by atoms with E-state index in [9.17, 15) is 29.4 Å². The van der Waals surface area contributed by atoms with Crippen molar-refractivity contribution >= 4 is 34.4 Å². The van der Waals surface area contributed by atoms with Crippen molar-refractivity contribution in [2.45, 2.75) is 18.9 Å². The number of carboxylic acid groups (broad SMARTS) is 2. The molecule has 0 unspecified atom stereocenters. The Labute approximate surface area is 296 Å². The van der Waals surface area contributed by atoms with Gasteiger partial charge in [-0.3, -0.25) is 9.59 Å². The second-order valence-electron chi connectivity index (χ2n) is 8.73. The van der Waals surface area contributed by atoms with Crippen LogP contribution in [0.1, 0.15) is 50.0 Å². The number of hydrogen-bond acceptors (Lipinski definition) is 7. The number of anilines is 1. The maximum absolute atomic E-state index is 15.1. The van der Waals surface area contributed by atoms with E-state index in [0.29, 0.717) is 5.52 Å². The number of fused-ring (bicyclic) bond motifs is 1. The first-order valence-electron chi connectivity index (χ1n) is 11.2. The standard InChI is InChI=1S/C25H22FN3O6.2K/c26-19-11-17-20(29(14-5-6-14)13-18(22(17)30)25(34)35)12-21(19)27-7-9-28(10-8-27)23(31)15-3-1-2-4-16(15)24(32)33;;/h1-4,11-14H,5-10H2,(H,32,33)(H,34,35);;/q;2*+1/p-2. The Balaban J connectivity index is 0.00000190. The summed E-state index contributed by atoms with van der Waals surface area (Å²) in [6.07, 6.45) is 2.92. The van der Waals surface area contributed by atoms with Gasteiger partial charge in [-0.05, 0) is 31.0 Å². The molecule has 2 aromatic carbocycles. The first kappa shape index (κ1) is 30.6. The molecule has 9 nitrogen and oxygen atoms in total. The van der Waals surface area contributed by atoms with Crippen molar-refractivity contribution in [3.8, 4) is 0 Å². The molecule has 180 valence electrons. The number of aromatic carboxylic acids is 2. The molecule has 1 aliphatic heterocycles. The van der Waals surface area contributed by atoms with Gasteiger partial charge in [-0.25, -0.2) is 4.39 Å². The largest absolute Gasteiger partial charge is 1.00 e. The van der Waals surface area contributed by atoms with Crippen molar-refractivity contribution in [2.75, 3.05) is 31.1 Å². The molecule has 1 aromatic heterocycles. The molecule has 2 aliphatic rings. The van der Waals surface area contributed by atoms with Crippen LogP contribution in [0.25, 0.3) is 10.9 Å². The first-order chi connectivity index (χ1) is 16.8. The SMILES string of the molecule is O=C([O-])c1ccccc1C(=O)N1CCN(c2cc3c(cc2F)c(=O)c(C(=O)[O-])cn3C2CC2)CC1.[K+].[K+]. The minimum Gasteiger partial charge on any atom is -0.545 e. The molecule has 1 saturated heterocycles. The molecule has 1 saturated carbocycles.